The van der Waals surface area contributed by atoms with Crippen molar-refractivity contribution >= 4 is 23.2 Å². The van der Waals surface area contributed by atoms with Crippen molar-refractivity contribution in [1.82, 2.24) is 14.8 Å². The zero-order valence-electron chi connectivity index (χ0n) is 12.1. The summed E-state index contributed by atoms with van der Waals surface area (Å²) >= 11 is 5.85. The normalized spacial score (nSPS) is 10.6. The fourth-order valence-corrected chi connectivity index (χ4v) is 2.18. The van der Waals surface area contributed by atoms with Crippen LogP contribution in [-0.4, -0.2) is 20.7 Å². The van der Waals surface area contributed by atoms with Gasteiger partial charge in [-0.15, -0.1) is 5.10 Å². The van der Waals surface area contributed by atoms with Gasteiger partial charge in [0.15, 0.2) is 0 Å². The molecule has 116 valence electrons. The van der Waals surface area contributed by atoms with Gasteiger partial charge in [0.05, 0.1) is 11.4 Å². The molecule has 1 heterocycles. The lowest BCUT2D eigenvalue weighted by atomic mass is 10.3. The molecule has 1 amide bonds. The Bertz CT molecular complexity index is 861. The van der Waals surface area contributed by atoms with Crippen molar-refractivity contribution in [2.75, 3.05) is 5.32 Å². The third-order valence-electron chi connectivity index (χ3n) is 3.17. The van der Waals surface area contributed by atoms with Crippen molar-refractivity contribution in [1.29, 1.82) is 0 Å². The van der Waals surface area contributed by atoms with E-state index in [1.54, 1.807) is 43.3 Å². The number of benzene rings is 2. The van der Waals surface area contributed by atoms with E-state index in [9.17, 15) is 9.18 Å². The summed E-state index contributed by atoms with van der Waals surface area (Å²) < 4.78 is 15.1. The first kappa shape index (κ1) is 15.2. The lowest BCUT2D eigenvalue weighted by Crippen LogP contribution is -2.15. The van der Waals surface area contributed by atoms with Crippen LogP contribution in [0.5, 0.6) is 0 Å². The molecule has 23 heavy (non-hydrogen) atoms. The Morgan fingerprint density at radius 3 is 2.57 bits per heavy atom. The summed E-state index contributed by atoms with van der Waals surface area (Å²) in [5.41, 5.74) is 0.808. The van der Waals surface area contributed by atoms with E-state index >= 15 is 0 Å². The quantitative estimate of drug-likeness (QED) is 0.798. The van der Waals surface area contributed by atoms with Crippen molar-refractivity contribution < 1.29 is 9.18 Å². The van der Waals surface area contributed by atoms with E-state index in [4.69, 9.17) is 11.6 Å². The molecule has 0 aliphatic carbocycles. The van der Waals surface area contributed by atoms with E-state index in [0.29, 0.717) is 10.8 Å². The van der Waals surface area contributed by atoms with Crippen molar-refractivity contribution in [3.05, 3.63) is 71.0 Å². The average Bonchev–Trinajstić information content (AvgIpc) is 2.92. The van der Waals surface area contributed by atoms with Crippen molar-refractivity contribution in [3.8, 4) is 5.69 Å². The van der Waals surface area contributed by atoms with Gasteiger partial charge in [-0.05, 0) is 43.3 Å². The minimum absolute atomic E-state index is 0.0410. The number of aromatic nitrogens is 3. The highest BCUT2D eigenvalue weighted by molar-refractivity contribution is 6.30. The molecule has 5 nitrogen and oxygen atoms in total. The van der Waals surface area contributed by atoms with E-state index < -0.39 is 11.7 Å². The van der Waals surface area contributed by atoms with Gasteiger partial charge in [-0.3, -0.25) is 4.79 Å². The van der Waals surface area contributed by atoms with Crippen LogP contribution in [0.3, 0.4) is 0 Å². The van der Waals surface area contributed by atoms with E-state index in [-0.39, 0.29) is 11.5 Å². The first-order valence-electron chi connectivity index (χ1n) is 6.80. The van der Waals surface area contributed by atoms with Gasteiger partial charge in [-0.25, -0.2) is 14.1 Å². The van der Waals surface area contributed by atoms with Gasteiger partial charge in [0, 0.05) is 5.02 Å². The maximum Gasteiger partial charge on any atom is 0.295 e. The predicted octanol–water partition coefficient (Wildman–Crippen LogP) is 3.62. The maximum absolute atomic E-state index is 13.6. The number of carbonyl (C=O) groups is 1. The van der Waals surface area contributed by atoms with Gasteiger partial charge in [0.1, 0.15) is 11.6 Å². The monoisotopic (exact) mass is 330 g/mol. The molecule has 0 aliphatic heterocycles. The molecule has 0 unspecified atom stereocenters. The maximum atomic E-state index is 13.6. The predicted molar refractivity (Wildman–Crippen MR) is 85.5 cm³/mol. The van der Waals surface area contributed by atoms with Crippen molar-refractivity contribution in [2.24, 2.45) is 0 Å². The molecule has 0 aliphatic rings. The van der Waals surface area contributed by atoms with E-state index in [2.05, 4.69) is 15.4 Å². The number of carbonyl (C=O) groups excluding carboxylic acids is 1. The van der Waals surface area contributed by atoms with Crippen molar-refractivity contribution in [2.45, 2.75) is 6.92 Å². The smallest absolute Gasteiger partial charge is 0.295 e. The zero-order chi connectivity index (χ0) is 16.4. The molecule has 3 aromatic rings. The molecule has 2 aromatic carbocycles. The topological polar surface area (TPSA) is 59.8 Å². The standard InChI is InChI=1S/C16H12ClFN4O/c1-10-19-15(16(23)20-14-5-3-2-4-13(14)18)21-22(10)12-8-6-11(17)7-9-12/h2-9H,1H3,(H,20,23). The van der Waals surface area contributed by atoms with Crippen LogP contribution in [0.15, 0.2) is 48.5 Å². The van der Waals surface area contributed by atoms with E-state index in [1.165, 1.54) is 16.8 Å². The largest absolute Gasteiger partial charge is 0.317 e. The zero-order valence-corrected chi connectivity index (χ0v) is 12.9. The molecular formula is C16H12ClFN4O. The van der Waals surface area contributed by atoms with Gasteiger partial charge in [-0.1, -0.05) is 23.7 Å². The Balaban J connectivity index is 1.87. The van der Waals surface area contributed by atoms with Crippen LogP contribution in [0, 0.1) is 12.7 Å². The molecule has 3 rings (SSSR count). The molecule has 0 saturated heterocycles. The van der Waals surface area contributed by atoms with Crippen LogP contribution in [0.1, 0.15) is 16.4 Å². The van der Waals surface area contributed by atoms with Crippen LogP contribution < -0.4 is 5.32 Å². The molecule has 0 atom stereocenters. The number of aryl methyl sites for hydroxylation is 1. The Hall–Kier alpha value is -2.73. The highest BCUT2D eigenvalue weighted by Crippen LogP contribution is 2.16. The Labute approximate surface area is 136 Å². The second-order valence-electron chi connectivity index (χ2n) is 4.80. The average molecular weight is 331 g/mol. The SMILES string of the molecule is Cc1nc(C(=O)Nc2ccccc2F)nn1-c1ccc(Cl)cc1. The summed E-state index contributed by atoms with van der Waals surface area (Å²) in [6, 6.07) is 12.9. The van der Waals surface area contributed by atoms with E-state index in [1.807, 2.05) is 0 Å². The molecule has 1 N–H and O–H groups in total. The molecule has 0 radical (unpaired) electrons. The summed E-state index contributed by atoms with van der Waals surface area (Å²) in [7, 11) is 0. The van der Waals surface area contributed by atoms with Gasteiger partial charge in [0.2, 0.25) is 5.82 Å². The van der Waals surface area contributed by atoms with Crippen LogP contribution in [0.25, 0.3) is 5.69 Å². The Morgan fingerprint density at radius 1 is 1.17 bits per heavy atom. The van der Waals surface area contributed by atoms with Crippen LogP contribution in [-0.2, 0) is 0 Å². The highest BCUT2D eigenvalue weighted by atomic mass is 35.5. The Morgan fingerprint density at radius 2 is 1.87 bits per heavy atom. The van der Waals surface area contributed by atoms with Gasteiger partial charge < -0.3 is 5.32 Å². The lowest BCUT2D eigenvalue weighted by molar-refractivity contribution is 0.101. The van der Waals surface area contributed by atoms with Crippen LogP contribution in [0.4, 0.5) is 10.1 Å². The molecule has 0 spiro atoms. The van der Waals surface area contributed by atoms with Crippen LogP contribution in [0.2, 0.25) is 5.02 Å². The molecule has 0 bridgehead atoms. The number of halogens is 2. The fraction of sp³-hybridized carbons (Fsp3) is 0.0625. The second-order valence-corrected chi connectivity index (χ2v) is 5.24. The number of hydrogen-bond acceptors (Lipinski definition) is 3. The third-order valence-corrected chi connectivity index (χ3v) is 3.42. The number of para-hydroxylation sites is 1. The minimum atomic E-state index is -0.578. The van der Waals surface area contributed by atoms with Crippen molar-refractivity contribution in [3.63, 3.8) is 0 Å². The summed E-state index contributed by atoms with van der Waals surface area (Å²) in [6.45, 7) is 1.72. The lowest BCUT2D eigenvalue weighted by Gasteiger charge is -2.03. The first-order chi connectivity index (χ1) is 11.0. The van der Waals surface area contributed by atoms with Gasteiger partial charge in [0.25, 0.3) is 5.91 Å². The molecule has 7 heteroatoms. The van der Waals surface area contributed by atoms with E-state index in [0.717, 1.165) is 5.69 Å². The number of amides is 1. The fourth-order valence-electron chi connectivity index (χ4n) is 2.05. The summed E-state index contributed by atoms with van der Waals surface area (Å²) in [5, 5.41) is 7.22. The van der Waals surface area contributed by atoms with Crippen LogP contribution >= 0.6 is 11.6 Å². The number of nitrogens with zero attached hydrogens (tertiary/aromatic N) is 3. The molecule has 0 saturated carbocycles. The molecule has 0 fully saturated rings. The summed E-state index contributed by atoms with van der Waals surface area (Å²) in [6.07, 6.45) is 0. The molecular weight excluding hydrogens is 319 g/mol. The summed E-state index contributed by atoms with van der Waals surface area (Å²) in [4.78, 5) is 16.3. The Kier molecular flexibility index (Phi) is 4.08. The number of nitrogens with one attached hydrogen (secondary N) is 1. The minimum Gasteiger partial charge on any atom is -0.317 e. The molecule has 1 aromatic heterocycles. The summed E-state index contributed by atoms with van der Waals surface area (Å²) in [5.74, 6) is -0.604. The van der Waals surface area contributed by atoms with Gasteiger partial charge in [-0.2, -0.15) is 0 Å². The number of rotatable bonds is 3. The first-order valence-corrected chi connectivity index (χ1v) is 7.18. The number of anilines is 1. The highest BCUT2D eigenvalue weighted by Gasteiger charge is 2.16. The third kappa shape index (κ3) is 3.22. The number of hydrogen-bond donors (Lipinski definition) is 1. The van der Waals surface area contributed by atoms with Gasteiger partial charge >= 0.3 is 0 Å². The second kappa shape index (κ2) is 6.18.